The second-order valence-corrected chi connectivity index (χ2v) is 4.82. The lowest BCUT2D eigenvalue weighted by atomic mass is 10.1. The summed E-state index contributed by atoms with van der Waals surface area (Å²) < 4.78 is 0. The number of nitrogens with one attached hydrogen (secondary N) is 1. The lowest BCUT2D eigenvalue weighted by molar-refractivity contribution is 0.0950. The molecule has 0 heterocycles. The van der Waals surface area contributed by atoms with E-state index in [4.69, 9.17) is 11.6 Å². The summed E-state index contributed by atoms with van der Waals surface area (Å²) >= 11 is 6.18. The molecule has 1 atom stereocenters. The summed E-state index contributed by atoms with van der Waals surface area (Å²) in [5, 5.41) is 21.2. The fourth-order valence-electron chi connectivity index (χ4n) is 1.76. The van der Waals surface area contributed by atoms with Gasteiger partial charge in [0.05, 0.1) is 10.9 Å². The van der Waals surface area contributed by atoms with Gasteiger partial charge in [0.1, 0.15) is 11.5 Å². The van der Waals surface area contributed by atoms with E-state index in [1.54, 1.807) is 0 Å². The molecule has 104 valence electrons. The average molecular weight is 292 g/mol. The van der Waals surface area contributed by atoms with E-state index in [-0.39, 0.29) is 29.0 Å². The van der Waals surface area contributed by atoms with Crippen molar-refractivity contribution in [2.24, 2.45) is 0 Å². The van der Waals surface area contributed by atoms with Gasteiger partial charge in [0.25, 0.3) is 5.91 Å². The normalized spacial score (nSPS) is 11.8. The molecule has 1 unspecified atom stereocenters. The fourth-order valence-corrected chi connectivity index (χ4v) is 1.99. The standard InChI is InChI=1S/C15H14ClNO3/c16-13(10-4-2-1-3-5-10)9-17-15(20)12-8-11(18)6-7-14(12)19/h1-8,13,18-19H,9H2,(H,17,20). The van der Waals surface area contributed by atoms with Crippen molar-refractivity contribution < 1.29 is 15.0 Å². The van der Waals surface area contributed by atoms with E-state index >= 15 is 0 Å². The van der Waals surface area contributed by atoms with Gasteiger partial charge in [0.2, 0.25) is 0 Å². The minimum atomic E-state index is -0.486. The minimum Gasteiger partial charge on any atom is -0.508 e. The molecule has 0 aliphatic rings. The molecule has 4 nitrogen and oxygen atoms in total. The van der Waals surface area contributed by atoms with Crippen molar-refractivity contribution in [2.45, 2.75) is 5.38 Å². The second kappa shape index (κ2) is 6.30. The monoisotopic (exact) mass is 291 g/mol. The van der Waals surface area contributed by atoms with E-state index in [1.807, 2.05) is 30.3 Å². The van der Waals surface area contributed by atoms with Crippen molar-refractivity contribution >= 4 is 17.5 Å². The smallest absolute Gasteiger partial charge is 0.255 e. The Morgan fingerprint density at radius 2 is 1.85 bits per heavy atom. The van der Waals surface area contributed by atoms with Crippen LogP contribution in [-0.4, -0.2) is 22.7 Å². The van der Waals surface area contributed by atoms with Gasteiger partial charge in [-0.2, -0.15) is 0 Å². The molecule has 0 aromatic heterocycles. The molecule has 20 heavy (non-hydrogen) atoms. The molecule has 0 aliphatic carbocycles. The molecule has 0 saturated carbocycles. The molecule has 2 aromatic rings. The van der Waals surface area contributed by atoms with E-state index in [0.717, 1.165) is 5.56 Å². The maximum Gasteiger partial charge on any atom is 0.255 e. The number of phenolic OH excluding ortho intramolecular Hbond substituents is 2. The number of aromatic hydroxyl groups is 2. The Morgan fingerprint density at radius 1 is 1.15 bits per heavy atom. The first-order valence-corrected chi connectivity index (χ1v) is 6.51. The first-order chi connectivity index (χ1) is 9.58. The van der Waals surface area contributed by atoms with Crippen molar-refractivity contribution in [1.29, 1.82) is 0 Å². The molecule has 0 spiro atoms. The third-order valence-electron chi connectivity index (χ3n) is 2.83. The fraction of sp³-hybridized carbons (Fsp3) is 0.133. The predicted octanol–water partition coefficient (Wildman–Crippen LogP) is 2.81. The lowest BCUT2D eigenvalue weighted by Gasteiger charge is -2.12. The number of phenols is 2. The molecule has 3 N–H and O–H groups in total. The summed E-state index contributed by atoms with van der Waals surface area (Å²) in [6.07, 6.45) is 0. The highest BCUT2D eigenvalue weighted by molar-refractivity contribution is 6.21. The summed E-state index contributed by atoms with van der Waals surface area (Å²) in [6, 6.07) is 13.1. The molecule has 0 saturated heterocycles. The van der Waals surface area contributed by atoms with Crippen LogP contribution in [0.4, 0.5) is 0 Å². The molecular formula is C15H14ClNO3. The van der Waals surface area contributed by atoms with Crippen LogP contribution in [0.5, 0.6) is 11.5 Å². The summed E-state index contributed by atoms with van der Waals surface area (Å²) in [5.41, 5.74) is 0.913. The third kappa shape index (κ3) is 3.42. The molecule has 1 amide bonds. The van der Waals surface area contributed by atoms with Gasteiger partial charge in [-0.3, -0.25) is 4.79 Å². The van der Waals surface area contributed by atoms with Crippen molar-refractivity contribution in [3.8, 4) is 11.5 Å². The van der Waals surface area contributed by atoms with Gasteiger partial charge in [-0.1, -0.05) is 30.3 Å². The van der Waals surface area contributed by atoms with E-state index in [1.165, 1.54) is 18.2 Å². The molecule has 2 aromatic carbocycles. The summed E-state index contributed by atoms with van der Waals surface area (Å²) in [7, 11) is 0. The lowest BCUT2D eigenvalue weighted by Crippen LogP contribution is -2.26. The van der Waals surface area contributed by atoms with E-state index < -0.39 is 5.91 Å². The zero-order valence-electron chi connectivity index (χ0n) is 10.6. The number of carbonyl (C=O) groups excluding carboxylic acids is 1. The Balaban J connectivity index is 2.00. The van der Waals surface area contributed by atoms with Gasteiger partial charge in [0.15, 0.2) is 0 Å². The van der Waals surface area contributed by atoms with Crippen molar-refractivity contribution in [1.82, 2.24) is 5.32 Å². The Morgan fingerprint density at radius 3 is 2.55 bits per heavy atom. The second-order valence-electron chi connectivity index (χ2n) is 4.29. The van der Waals surface area contributed by atoms with Gasteiger partial charge < -0.3 is 15.5 Å². The molecule has 0 radical (unpaired) electrons. The number of hydrogen-bond donors (Lipinski definition) is 3. The van der Waals surface area contributed by atoms with Gasteiger partial charge in [0, 0.05) is 6.54 Å². The average Bonchev–Trinajstić information content (AvgIpc) is 2.47. The van der Waals surface area contributed by atoms with Crippen molar-refractivity contribution in [2.75, 3.05) is 6.54 Å². The number of carbonyl (C=O) groups is 1. The maximum absolute atomic E-state index is 11.9. The van der Waals surface area contributed by atoms with Crippen LogP contribution in [0.2, 0.25) is 0 Å². The molecule has 5 heteroatoms. The highest BCUT2D eigenvalue weighted by Crippen LogP contribution is 2.23. The minimum absolute atomic E-state index is 0.0157. The van der Waals surface area contributed by atoms with Gasteiger partial charge in [-0.25, -0.2) is 0 Å². The first-order valence-electron chi connectivity index (χ1n) is 6.07. The zero-order valence-corrected chi connectivity index (χ0v) is 11.3. The number of benzene rings is 2. The van der Waals surface area contributed by atoms with Gasteiger partial charge in [-0.15, -0.1) is 11.6 Å². The SMILES string of the molecule is O=C(NCC(Cl)c1ccccc1)c1cc(O)ccc1O. The molecular weight excluding hydrogens is 278 g/mol. The van der Waals surface area contributed by atoms with E-state index in [9.17, 15) is 15.0 Å². The highest BCUT2D eigenvalue weighted by atomic mass is 35.5. The summed E-state index contributed by atoms with van der Waals surface area (Å²) in [5.74, 6) is -0.760. The van der Waals surface area contributed by atoms with Gasteiger partial charge in [-0.05, 0) is 23.8 Å². The highest BCUT2D eigenvalue weighted by Gasteiger charge is 2.14. The molecule has 0 fully saturated rings. The van der Waals surface area contributed by atoms with E-state index in [0.29, 0.717) is 0 Å². The Labute approximate surface area is 121 Å². The zero-order chi connectivity index (χ0) is 14.5. The van der Waals surface area contributed by atoms with Crippen LogP contribution < -0.4 is 5.32 Å². The quantitative estimate of drug-likeness (QED) is 0.599. The van der Waals surface area contributed by atoms with Gasteiger partial charge >= 0.3 is 0 Å². The predicted molar refractivity (Wildman–Crippen MR) is 77.1 cm³/mol. The maximum atomic E-state index is 11.9. The number of alkyl halides is 1. The Hall–Kier alpha value is -2.20. The Kier molecular flexibility index (Phi) is 4.48. The number of amides is 1. The van der Waals surface area contributed by atoms with Crippen LogP contribution in [0.15, 0.2) is 48.5 Å². The molecule has 2 rings (SSSR count). The molecule has 0 aliphatic heterocycles. The number of hydrogen-bond acceptors (Lipinski definition) is 3. The number of rotatable bonds is 4. The van der Waals surface area contributed by atoms with Crippen LogP contribution in [0.3, 0.4) is 0 Å². The Bertz CT molecular complexity index is 601. The van der Waals surface area contributed by atoms with Crippen molar-refractivity contribution in [3.63, 3.8) is 0 Å². The van der Waals surface area contributed by atoms with Crippen LogP contribution in [0.25, 0.3) is 0 Å². The third-order valence-corrected chi connectivity index (χ3v) is 3.23. The van der Waals surface area contributed by atoms with Crippen LogP contribution in [0, 0.1) is 0 Å². The first kappa shape index (κ1) is 14.2. The summed E-state index contributed by atoms with van der Waals surface area (Å²) in [6.45, 7) is 0.222. The van der Waals surface area contributed by atoms with Crippen LogP contribution in [0.1, 0.15) is 21.3 Å². The summed E-state index contributed by atoms with van der Waals surface area (Å²) in [4.78, 5) is 11.9. The van der Waals surface area contributed by atoms with Crippen LogP contribution >= 0.6 is 11.6 Å². The van der Waals surface area contributed by atoms with Crippen LogP contribution in [-0.2, 0) is 0 Å². The topological polar surface area (TPSA) is 69.6 Å². The van der Waals surface area contributed by atoms with E-state index in [2.05, 4.69) is 5.32 Å². The number of halogens is 1. The largest absolute Gasteiger partial charge is 0.508 e. The molecule has 0 bridgehead atoms. The van der Waals surface area contributed by atoms with Crippen molar-refractivity contribution in [3.05, 3.63) is 59.7 Å².